The van der Waals surface area contributed by atoms with Gasteiger partial charge < -0.3 is 5.32 Å². The van der Waals surface area contributed by atoms with Crippen LogP contribution >= 0.6 is 0 Å². The molecule has 3 aliphatic heterocycles. The van der Waals surface area contributed by atoms with Gasteiger partial charge in [-0.15, -0.1) is 0 Å². The minimum Gasteiger partial charge on any atom is -0.367 e. The smallest absolute Gasteiger partial charge is 0.150 e. The molecule has 3 heterocycles. The second-order valence-corrected chi connectivity index (χ2v) is 5.06. The van der Waals surface area contributed by atoms with Crippen LogP contribution in [0.4, 0.5) is 0 Å². The number of piperidine rings is 1. The molecule has 0 saturated carbocycles. The number of carbonyl (C=O) groups is 1. The van der Waals surface area contributed by atoms with Crippen LogP contribution in [0.5, 0.6) is 0 Å². The van der Waals surface area contributed by atoms with E-state index in [0.717, 1.165) is 5.57 Å². The number of ketones is 1. The van der Waals surface area contributed by atoms with Crippen LogP contribution in [0.2, 0.25) is 0 Å². The van der Waals surface area contributed by atoms with Gasteiger partial charge in [-0.2, -0.15) is 0 Å². The maximum Gasteiger partial charge on any atom is 0.150 e. The fourth-order valence-corrected chi connectivity index (χ4v) is 2.76. The standard InChI is InChI=1S/C13H18N4O/c1-16(2)17-8-9-6-10(18)7-15-12(9)11-4-3-5-14-13(11)17/h3-5,8,12-15H,6-7H2,1-2H3. The molecular formula is C13H18N4O. The zero-order valence-electron chi connectivity index (χ0n) is 10.7. The summed E-state index contributed by atoms with van der Waals surface area (Å²) in [5.74, 6) is 0.259. The van der Waals surface area contributed by atoms with Crippen LogP contribution in [0.3, 0.4) is 0 Å². The summed E-state index contributed by atoms with van der Waals surface area (Å²) in [6, 6.07) is 0.196. The lowest BCUT2D eigenvalue weighted by molar-refractivity contribution is -0.118. The van der Waals surface area contributed by atoms with Crippen LogP contribution in [-0.2, 0) is 4.79 Å². The molecule has 0 aromatic carbocycles. The van der Waals surface area contributed by atoms with Crippen molar-refractivity contribution < 1.29 is 4.79 Å². The highest BCUT2D eigenvalue weighted by molar-refractivity contribution is 5.85. The summed E-state index contributed by atoms with van der Waals surface area (Å²) in [5, 5.41) is 10.8. The Morgan fingerprint density at radius 2 is 2.28 bits per heavy atom. The number of allylic oxidation sites excluding steroid dienone is 2. The van der Waals surface area contributed by atoms with Crippen LogP contribution in [-0.4, -0.2) is 48.6 Å². The highest BCUT2D eigenvalue weighted by atomic mass is 16.1. The molecule has 0 amide bonds. The summed E-state index contributed by atoms with van der Waals surface area (Å²) in [4.78, 5) is 11.6. The Bertz CT molecular complexity index is 464. The Hall–Kier alpha value is -1.59. The fraction of sp³-hybridized carbons (Fsp3) is 0.462. The van der Waals surface area contributed by atoms with Crippen molar-refractivity contribution >= 4 is 5.78 Å². The highest BCUT2D eigenvalue weighted by Gasteiger charge is 2.37. The molecule has 0 aliphatic carbocycles. The minimum atomic E-state index is 0.138. The molecule has 3 aliphatic rings. The van der Waals surface area contributed by atoms with Crippen LogP contribution < -0.4 is 10.6 Å². The van der Waals surface area contributed by atoms with Crippen LogP contribution in [0.25, 0.3) is 0 Å². The molecule has 5 heteroatoms. The average Bonchev–Trinajstić information content (AvgIpc) is 2.37. The number of nitrogens with one attached hydrogen (secondary N) is 2. The first-order chi connectivity index (χ1) is 8.66. The maximum atomic E-state index is 11.6. The summed E-state index contributed by atoms with van der Waals surface area (Å²) < 4.78 is 0. The van der Waals surface area contributed by atoms with Crippen molar-refractivity contribution in [3.05, 3.63) is 35.7 Å². The van der Waals surface area contributed by atoms with E-state index in [4.69, 9.17) is 0 Å². The van der Waals surface area contributed by atoms with Gasteiger partial charge in [0.05, 0.1) is 12.6 Å². The van der Waals surface area contributed by atoms with Crippen molar-refractivity contribution in [1.82, 2.24) is 20.7 Å². The van der Waals surface area contributed by atoms with Gasteiger partial charge in [0.2, 0.25) is 0 Å². The second kappa shape index (κ2) is 4.26. The van der Waals surface area contributed by atoms with Crippen molar-refractivity contribution in [2.75, 3.05) is 20.6 Å². The number of nitrogens with zero attached hydrogens (tertiary/aromatic N) is 2. The topological polar surface area (TPSA) is 47.6 Å². The average molecular weight is 246 g/mol. The molecule has 0 radical (unpaired) electrons. The lowest BCUT2D eigenvalue weighted by Gasteiger charge is -2.46. The molecule has 0 aromatic heterocycles. The van der Waals surface area contributed by atoms with Gasteiger partial charge >= 0.3 is 0 Å². The monoisotopic (exact) mass is 246 g/mol. The Morgan fingerprint density at radius 3 is 3.06 bits per heavy atom. The number of dihydropyridines is 1. The number of fused-ring (bicyclic) bond motifs is 3. The Balaban J connectivity index is 2.01. The number of rotatable bonds is 1. The fourth-order valence-electron chi connectivity index (χ4n) is 2.76. The molecule has 18 heavy (non-hydrogen) atoms. The van der Waals surface area contributed by atoms with Crippen LogP contribution in [0.1, 0.15) is 6.42 Å². The van der Waals surface area contributed by atoms with E-state index < -0.39 is 0 Å². The third kappa shape index (κ3) is 1.76. The van der Waals surface area contributed by atoms with Gasteiger partial charge in [-0.25, -0.2) is 5.01 Å². The van der Waals surface area contributed by atoms with Gasteiger partial charge in [-0.3, -0.25) is 15.1 Å². The van der Waals surface area contributed by atoms with Crippen LogP contribution in [0, 0.1) is 0 Å². The van der Waals surface area contributed by atoms with Crippen LogP contribution in [0.15, 0.2) is 35.7 Å². The summed E-state index contributed by atoms with van der Waals surface area (Å²) in [7, 11) is 4.01. The molecule has 2 unspecified atom stereocenters. The van der Waals surface area contributed by atoms with Gasteiger partial charge in [0.25, 0.3) is 0 Å². The zero-order chi connectivity index (χ0) is 12.7. The van der Waals surface area contributed by atoms with Gasteiger partial charge in [-0.05, 0) is 23.4 Å². The molecule has 1 saturated heterocycles. The zero-order valence-corrected chi connectivity index (χ0v) is 10.7. The molecule has 0 aromatic rings. The summed E-state index contributed by atoms with van der Waals surface area (Å²) in [6.07, 6.45) is 8.88. The Labute approximate surface area is 107 Å². The predicted molar refractivity (Wildman–Crippen MR) is 69.2 cm³/mol. The van der Waals surface area contributed by atoms with Crippen molar-refractivity contribution in [2.24, 2.45) is 0 Å². The SMILES string of the molecule is CN(C)N1C=C2CC(=O)CNC2C2=CC=CNC21. The first-order valence-electron chi connectivity index (χ1n) is 6.21. The largest absolute Gasteiger partial charge is 0.367 e. The molecular weight excluding hydrogens is 228 g/mol. The molecule has 0 spiro atoms. The second-order valence-electron chi connectivity index (χ2n) is 5.06. The lowest BCUT2D eigenvalue weighted by Crippen LogP contribution is -2.58. The van der Waals surface area contributed by atoms with E-state index >= 15 is 0 Å². The molecule has 1 fully saturated rings. The summed E-state index contributed by atoms with van der Waals surface area (Å²) >= 11 is 0. The van der Waals surface area contributed by atoms with E-state index in [1.807, 2.05) is 31.4 Å². The Kier molecular flexibility index (Phi) is 2.72. The summed E-state index contributed by atoms with van der Waals surface area (Å²) in [5.41, 5.74) is 2.43. The van der Waals surface area contributed by atoms with E-state index in [-0.39, 0.29) is 18.0 Å². The molecule has 0 bridgehead atoms. The van der Waals surface area contributed by atoms with Gasteiger partial charge in [0, 0.05) is 26.7 Å². The van der Waals surface area contributed by atoms with Crippen molar-refractivity contribution in [2.45, 2.75) is 18.6 Å². The number of Topliss-reactive ketones (excluding diaryl/α,β-unsaturated/α-hetero) is 1. The number of hydrogen-bond acceptors (Lipinski definition) is 5. The number of hydrogen-bond donors (Lipinski definition) is 2. The molecule has 3 rings (SSSR count). The first kappa shape index (κ1) is 11.5. The van der Waals surface area contributed by atoms with E-state index in [0.29, 0.717) is 13.0 Å². The molecule has 2 atom stereocenters. The molecule has 5 nitrogen and oxygen atoms in total. The number of hydrazine groups is 1. The number of carbonyl (C=O) groups excluding carboxylic acids is 1. The van der Waals surface area contributed by atoms with E-state index in [1.165, 1.54) is 5.57 Å². The predicted octanol–water partition coefficient (Wildman–Crippen LogP) is -0.0371. The van der Waals surface area contributed by atoms with Crippen molar-refractivity contribution in [3.8, 4) is 0 Å². The Morgan fingerprint density at radius 1 is 1.44 bits per heavy atom. The normalized spacial score (nSPS) is 30.4. The molecule has 96 valence electrons. The van der Waals surface area contributed by atoms with E-state index in [1.54, 1.807) is 0 Å². The van der Waals surface area contributed by atoms with E-state index in [2.05, 4.69) is 27.9 Å². The van der Waals surface area contributed by atoms with E-state index in [9.17, 15) is 4.79 Å². The third-order valence-corrected chi connectivity index (χ3v) is 3.59. The van der Waals surface area contributed by atoms with Gasteiger partial charge in [-0.1, -0.05) is 6.08 Å². The minimum absolute atomic E-state index is 0.138. The van der Waals surface area contributed by atoms with Crippen molar-refractivity contribution in [1.29, 1.82) is 0 Å². The van der Waals surface area contributed by atoms with Gasteiger partial charge in [0.15, 0.2) is 5.78 Å². The highest BCUT2D eigenvalue weighted by Crippen LogP contribution is 2.30. The van der Waals surface area contributed by atoms with Crippen molar-refractivity contribution in [3.63, 3.8) is 0 Å². The van der Waals surface area contributed by atoms with Gasteiger partial charge in [0.1, 0.15) is 6.17 Å². The molecule has 2 N–H and O–H groups in total. The summed E-state index contributed by atoms with van der Waals surface area (Å²) in [6.45, 7) is 0.470. The lowest BCUT2D eigenvalue weighted by atomic mass is 9.86. The first-order valence-corrected chi connectivity index (χ1v) is 6.21. The quantitative estimate of drug-likeness (QED) is 0.680. The third-order valence-electron chi connectivity index (χ3n) is 3.59. The maximum absolute atomic E-state index is 11.6.